The minimum atomic E-state index is -4.32. The fraction of sp³-hybridized carbons (Fsp3) is 0.235. The van der Waals surface area contributed by atoms with Crippen molar-refractivity contribution in [2.45, 2.75) is 37.8 Å². The number of carbonyl (C=O) groups excluding carboxylic acids is 2. The number of anilines is 1. The number of hydrogen-bond acceptors (Lipinski definition) is 5. The molecule has 236 valence electrons. The zero-order valence-corrected chi connectivity index (χ0v) is 27.6. The lowest BCUT2D eigenvalue weighted by Gasteiger charge is -2.34. The maximum absolute atomic E-state index is 14.5. The van der Waals surface area contributed by atoms with Gasteiger partial charge in [-0.3, -0.25) is 13.9 Å². The minimum Gasteiger partial charge on any atom is -0.495 e. The fourth-order valence-electron chi connectivity index (χ4n) is 4.89. The van der Waals surface area contributed by atoms with Crippen molar-refractivity contribution in [1.82, 2.24) is 10.2 Å². The number of aryl methyl sites for hydroxylation is 1. The molecule has 1 unspecified atom stereocenters. The van der Waals surface area contributed by atoms with Crippen molar-refractivity contribution < 1.29 is 22.7 Å². The molecule has 4 aromatic rings. The van der Waals surface area contributed by atoms with Gasteiger partial charge in [-0.2, -0.15) is 0 Å². The Labute approximate surface area is 274 Å². The second kappa shape index (κ2) is 15.3. The van der Waals surface area contributed by atoms with Crippen LogP contribution in [-0.2, 0) is 32.6 Å². The number of rotatable bonds is 13. The van der Waals surface area contributed by atoms with Gasteiger partial charge in [0.2, 0.25) is 11.8 Å². The van der Waals surface area contributed by atoms with Crippen molar-refractivity contribution in [3.05, 3.63) is 124 Å². The van der Waals surface area contributed by atoms with Crippen LogP contribution in [0.25, 0.3) is 0 Å². The van der Waals surface area contributed by atoms with E-state index in [-0.39, 0.29) is 40.2 Å². The Morgan fingerprint density at radius 1 is 0.867 bits per heavy atom. The number of ether oxygens (including phenoxy) is 1. The summed E-state index contributed by atoms with van der Waals surface area (Å²) < 4.78 is 35.0. The summed E-state index contributed by atoms with van der Waals surface area (Å²) in [5.74, 6) is -0.779. The molecule has 45 heavy (non-hydrogen) atoms. The van der Waals surface area contributed by atoms with Crippen molar-refractivity contribution in [3.8, 4) is 5.75 Å². The van der Waals surface area contributed by atoms with Crippen LogP contribution in [0, 0.1) is 6.92 Å². The van der Waals surface area contributed by atoms with E-state index in [9.17, 15) is 18.0 Å². The van der Waals surface area contributed by atoms with E-state index < -0.39 is 28.5 Å². The van der Waals surface area contributed by atoms with Crippen molar-refractivity contribution in [2.75, 3.05) is 24.5 Å². The van der Waals surface area contributed by atoms with E-state index in [2.05, 4.69) is 5.32 Å². The summed E-state index contributed by atoms with van der Waals surface area (Å²) in [4.78, 5) is 29.5. The third-order valence-corrected chi connectivity index (χ3v) is 9.41. The third kappa shape index (κ3) is 8.57. The number of likely N-dealkylation sites (N-methyl/N-ethyl adjacent to an activating group) is 1. The zero-order valence-electron chi connectivity index (χ0n) is 25.2. The molecule has 4 aromatic carbocycles. The van der Waals surface area contributed by atoms with E-state index in [0.717, 1.165) is 15.4 Å². The average Bonchev–Trinajstić information content (AvgIpc) is 3.02. The molecule has 0 aromatic heterocycles. The van der Waals surface area contributed by atoms with Crippen LogP contribution in [0.5, 0.6) is 5.75 Å². The number of halogens is 2. The SMILES string of the molecule is CCNC(=O)C(Cc1ccccc1)N(Cc1cccc(Cl)c1)C(=O)CN(c1cc(Cl)ccc1OC)S(=O)(=O)c1ccc(C)cc1. The number of hydrogen-bond donors (Lipinski definition) is 1. The lowest BCUT2D eigenvalue weighted by Crippen LogP contribution is -2.53. The highest BCUT2D eigenvalue weighted by molar-refractivity contribution is 7.92. The fourth-order valence-corrected chi connectivity index (χ4v) is 6.68. The van der Waals surface area contributed by atoms with Crippen LogP contribution in [0.3, 0.4) is 0 Å². The van der Waals surface area contributed by atoms with Gasteiger partial charge in [-0.1, -0.05) is 83.4 Å². The van der Waals surface area contributed by atoms with Gasteiger partial charge in [0.15, 0.2) is 0 Å². The van der Waals surface area contributed by atoms with E-state index in [1.807, 2.05) is 37.3 Å². The molecule has 0 saturated heterocycles. The minimum absolute atomic E-state index is 0.000865. The molecule has 1 atom stereocenters. The van der Waals surface area contributed by atoms with Crippen molar-refractivity contribution in [2.24, 2.45) is 0 Å². The first-order valence-electron chi connectivity index (χ1n) is 14.3. The maximum Gasteiger partial charge on any atom is 0.264 e. The first-order valence-corrected chi connectivity index (χ1v) is 16.5. The summed E-state index contributed by atoms with van der Waals surface area (Å²) in [5.41, 5.74) is 2.46. The monoisotopic (exact) mass is 667 g/mol. The smallest absolute Gasteiger partial charge is 0.264 e. The molecule has 1 N–H and O–H groups in total. The molecule has 11 heteroatoms. The Morgan fingerprint density at radius 3 is 2.18 bits per heavy atom. The molecule has 4 rings (SSSR count). The van der Waals surface area contributed by atoms with E-state index >= 15 is 0 Å². The van der Waals surface area contributed by atoms with Gasteiger partial charge in [-0.25, -0.2) is 8.42 Å². The van der Waals surface area contributed by atoms with Gasteiger partial charge in [0.1, 0.15) is 18.3 Å². The highest BCUT2D eigenvalue weighted by Gasteiger charge is 2.35. The molecule has 0 aliphatic heterocycles. The van der Waals surface area contributed by atoms with E-state index in [4.69, 9.17) is 27.9 Å². The number of nitrogens with one attached hydrogen (secondary N) is 1. The zero-order chi connectivity index (χ0) is 32.6. The second-order valence-electron chi connectivity index (χ2n) is 10.4. The van der Waals surface area contributed by atoms with Gasteiger partial charge < -0.3 is 15.0 Å². The van der Waals surface area contributed by atoms with Crippen LogP contribution >= 0.6 is 23.2 Å². The third-order valence-electron chi connectivity index (χ3n) is 7.16. The predicted molar refractivity (Wildman–Crippen MR) is 178 cm³/mol. The van der Waals surface area contributed by atoms with Gasteiger partial charge in [-0.15, -0.1) is 0 Å². The summed E-state index contributed by atoms with van der Waals surface area (Å²) in [6, 6.07) is 26.2. The molecule has 0 spiro atoms. The molecule has 2 amide bonds. The molecular formula is C34H35Cl2N3O5S. The van der Waals surface area contributed by atoms with Crippen molar-refractivity contribution in [3.63, 3.8) is 0 Å². The Hall–Kier alpha value is -4.05. The molecule has 0 bridgehead atoms. The molecule has 0 heterocycles. The molecule has 0 aliphatic carbocycles. The highest BCUT2D eigenvalue weighted by Crippen LogP contribution is 2.35. The standard InChI is InChI=1S/C34H35Cl2N3O5S/c1-4-37-34(41)31(20-25-9-6-5-7-10-25)38(22-26-11-8-12-27(35)19-26)33(40)23-39(30-21-28(36)15-18-32(30)44-3)45(42,43)29-16-13-24(2)14-17-29/h5-19,21,31H,4,20,22-23H2,1-3H3,(H,37,41). The Kier molecular flexibility index (Phi) is 11.5. The van der Waals surface area contributed by atoms with Crippen LogP contribution in [0.4, 0.5) is 5.69 Å². The number of carbonyl (C=O) groups is 2. The number of nitrogens with zero attached hydrogens (tertiary/aromatic N) is 2. The summed E-state index contributed by atoms with van der Waals surface area (Å²) in [6.45, 7) is 3.34. The largest absolute Gasteiger partial charge is 0.495 e. The number of amides is 2. The van der Waals surface area contributed by atoms with Gasteiger partial charge in [0.05, 0.1) is 17.7 Å². The highest BCUT2D eigenvalue weighted by atomic mass is 35.5. The summed E-state index contributed by atoms with van der Waals surface area (Å²) in [5, 5.41) is 3.56. The summed E-state index contributed by atoms with van der Waals surface area (Å²) >= 11 is 12.6. The lowest BCUT2D eigenvalue weighted by atomic mass is 10.0. The number of sulfonamides is 1. The van der Waals surface area contributed by atoms with Gasteiger partial charge in [-0.05, 0) is 67.4 Å². The van der Waals surface area contributed by atoms with Crippen LogP contribution in [-0.4, -0.2) is 51.4 Å². The number of methoxy groups -OCH3 is 1. The molecule has 8 nitrogen and oxygen atoms in total. The lowest BCUT2D eigenvalue weighted by molar-refractivity contribution is -0.140. The molecule has 0 saturated carbocycles. The van der Waals surface area contributed by atoms with Crippen LogP contribution in [0.1, 0.15) is 23.6 Å². The molecule has 0 radical (unpaired) electrons. The number of benzene rings is 4. The Balaban J connectivity index is 1.85. The van der Waals surface area contributed by atoms with Crippen molar-refractivity contribution >= 4 is 50.7 Å². The van der Waals surface area contributed by atoms with Gasteiger partial charge in [0.25, 0.3) is 10.0 Å². The molecule has 0 aliphatic rings. The van der Waals surface area contributed by atoms with Gasteiger partial charge in [0, 0.05) is 29.6 Å². The maximum atomic E-state index is 14.5. The Bertz CT molecular complexity index is 1730. The normalized spacial score (nSPS) is 11.8. The summed E-state index contributed by atoms with van der Waals surface area (Å²) in [6.07, 6.45) is 0.199. The summed E-state index contributed by atoms with van der Waals surface area (Å²) in [7, 11) is -2.91. The second-order valence-corrected chi connectivity index (χ2v) is 13.1. The quantitative estimate of drug-likeness (QED) is 0.181. The first-order chi connectivity index (χ1) is 21.5. The first kappa shape index (κ1) is 33.8. The predicted octanol–water partition coefficient (Wildman–Crippen LogP) is 6.28. The molecule has 0 fully saturated rings. The van der Waals surface area contributed by atoms with Gasteiger partial charge >= 0.3 is 0 Å². The van der Waals surface area contributed by atoms with E-state index in [1.165, 1.54) is 36.3 Å². The van der Waals surface area contributed by atoms with Crippen LogP contribution in [0.2, 0.25) is 10.0 Å². The Morgan fingerprint density at radius 2 is 1.53 bits per heavy atom. The van der Waals surface area contributed by atoms with Crippen molar-refractivity contribution in [1.29, 1.82) is 0 Å². The average molecular weight is 669 g/mol. The topological polar surface area (TPSA) is 96.0 Å². The van der Waals surface area contributed by atoms with E-state index in [1.54, 1.807) is 49.4 Å². The molecular weight excluding hydrogens is 633 g/mol. The van der Waals surface area contributed by atoms with Crippen LogP contribution in [0.15, 0.2) is 102 Å². The van der Waals surface area contributed by atoms with Crippen LogP contribution < -0.4 is 14.4 Å². The van der Waals surface area contributed by atoms with E-state index in [0.29, 0.717) is 17.1 Å².